The number of carbonyl (C=O) groups is 1. The van der Waals surface area contributed by atoms with E-state index in [4.69, 9.17) is 30.3 Å². The maximum absolute atomic E-state index is 11.1. The van der Waals surface area contributed by atoms with E-state index in [9.17, 15) is 4.79 Å². The Hall–Kier alpha value is -2.10. The van der Waals surface area contributed by atoms with Crippen molar-refractivity contribution in [3.63, 3.8) is 0 Å². The first-order valence-electron chi connectivity index (χ1n) is 11.4. The third-order valence-corrected chi connectivity index (χ3v) is 5.95. The highest BCUT2D eigenvalue weighted by Gasteiger charge is 2.39. The molecule has 0 bridgehead atoms. The minimum atomic E-state index is -0.289. The zero-order valence-corrected chi connectivity index (χ0v) is 20.1. The molecule has 186 valence electrons. The summed E-state index contributed by atoms with van der Waals surface area (Å²) in [5, 5.41) is 11.0. The monoisotopic (exact) mass is 467 g/mol. The van der Waals surface area contributed by atoms with Crippen LogP contribution in [0.4, 0.5) is 0 Å². The topological polar surface area (TPSA) is 110 Å². The lowest BCUT2D eigenvalue weighted by Crippen LogP contribution is -2.47. The van der Waals surface area contributed by atoms with Crippen molar-refractivity contribution in [3.8, 4) is 0 Å². The fraction of sp³-hybridized carbons (Fsp3) is 0.818. The maximum atomic E-state index is 11.1. The van der Waals surface area contributed by atoms with Crippen molar-refractivity contribution in [1.82, 2.24) is 20.3 Å². The molecule has 1 aromatic rings. The maximum Gasteiger partial charge on any atom is 0.300 e. The van der Waals surface area contributed by atoms with Crippen LogP contribution >= 0.6 is 0 Å². The highest BCUT2D eigenvalue weighted by atomic mass is 16.7. The number of rotatable bonds is 15. The number of aromatic nitrogens is 3. The summed E-state index contributed by atoms with van der Waals surface area (Å²) in [5.74, 6) is 0.933. The predicted molar refractivity (Wildman–Crippen MR) is 119 cm³/mol. The van der Waals surface area contributed by atoms with Gasteiger partial charge in [-0.25, -0.2) is 11.3 Å². The molecule has 1 aromatic heterocycles. The Morgan fingerprint density at radius 1 is 1.12 bits per heavy atom. The second kappa shape index (κ2) is 14.9. The first kappa shape index (κ1) is 27.1. The van der Waals surface area contributed by atoms with Gasteiger partial charge in [0.05, 0.1) is 58.5 Å². The fourth-order valence-electron chi connectivity index (χ4n) is 3.65. The molecule has 1 N–H and O–H groups in total. The highest BCUT2D eigenvalue weighted by molar-refractivity contribution is 5.79. The summed E-state index contributed by atoms with van der Waals surface area (Å²) in [4.78, 5) is 14.1. The van der Waals surface area contributed by atoms with Crippen molar-refractivity contribution < 1.29 is 28.5 Å². The van der Waals surface area contributed by atoms with Crippen molar-refractivity contribution in [1.29, 1.82) is 0 Å². The summed E-state index contributed by atoms with van der Waals surface area (Å²) in [6.07, 6.45) is 1.70. The molecule has 0 spiro atoms. The largest absolute Gasteiger partial charge is 0.377 e. The second-order valence-electron chi connectivity index (χ2n) is 8.23. The van der Waals surface area contributed by atoms with Gasteiger partial charge >= 0.3 is 0 Å². The van der Waals surface area contributed by atoms with Gasteiger partial charge in [0.2, 0.25) is 0 Å². The molecule has 33 heavy (non-hydrogen) atoms. The van der Waals surface area contributed by atoms with Crippen LogP contribution in [0.1, 0.15) is 26.5 Å². The molecule has 11 nitrogen and oxygen atoms in total. The molecule has 1 aliphatic rings. The minimum absolute atomic E-state index is 0.0160. The molecule has 0 saturated carbocycles. The van der Waals surface area contributed by atoms with Crippen molar-refractivity contribution >= 4 is 5.91 Å². The van der Waals surface area contributed by atoms with Gasteiger partial charge in [-0.2, -0.15) is 0 Å². The molecule has 1 fully saturated rings. The zero-order chi connectivity index (χ0) is 24.1. The second-order valence-corrected chi connectivity index (χ2v) is 8.23. The number of nitrogens with one attached hydrogen (secondary N) is 1. The Kier molecular flexibility index (Phi) is 12.3. The van der Waals surface area contributed by atoms with Crippen molar-refractivity contribution in [2.24, 2.45) is 17.8 Å². The first-order valence-corrected chi connectivity index (χ1v) is 11.4. The van der Waals surface area contributed by atoms with E-state index in [1.165, 1.54) is 0 Å². The lowest BCUT2D eigenvalue weighted by atomic mass is 9.79. The van der Waals surface area contributed by atoms with Crippen LogP contribution in [0.5, 0.6) is 0 Å². The van der Waals surface area contributed by atoms with Crippen LogP contribution in [0, 0.1) is 24.3 Å². The van der Waals surface area contributed by atoms with Crippen LogP contribution in [0.25, 0.3) is 4.85 Å². The summed E-state index contributed by atoms with van der Waals surface area (Å²) in [5.41, 5.74) is 0.756. The molecule has 11 heteroatoms. The molecular formula is C22H37N5O6. The smallest absolute Gasteiger partial charge is 0.300 e. The predicted octanol–water partition coefficient (Wildman–Crippen LogP) is 1.14. The summed E-state index contributed by atoms with van der Waals surface area (Å²) in [6, 6.07) is 0. The SMILES string of the molecule is [C-]#[N+]CC(=O)NCCOCCOCCOCc1cn(CC2OC(OC)C(C)C(C)C2C)nn1. The number of carbonyl (C=O) groups excluding carboxylic acids is 1. The molecular weight excluding hydrogens is 430 g/mol. The Labute approximate surface area is 195 Å². The molecule has 0 radical (unpaired) electrons. The lowest BCUT2D eigenvalue weighted by Gasteiger charge is -2.42. The lowest BCUT2D eigenvalue weighted by molar-refractivity contribution is -0.240. The van der Waals surface area contributed by atoms with Gasteiger partial charge in [0.25, 0.3) is 12.5 Å². The Balaban J connectivity index is 1.53. The van der Waals surface area contributed by atoms with E-state index < -0.39 is 0 Å². The van der Waals surface area contributed by atoms with E-state index in [1.54, 1.807) is 11.8 Å². The molecule has 1 saturated heterocycles. The van der Waals surface area contributed by atoms with Gasteiger partial charge in [0.1, 0.15) is 5.69 Å². The third-order valence-electron chi connectivity index (χ3n) is 5.95. The zero-order valence-electron chi connectivity index (χ0n) is 20.1. The third kappa shape index (κ3) is 9.35. The van der Waals surface area contributed by atoms with Gasteiger partial charge in [0.15, 0.2) is 6.29 Å². The van der Waals surface area contributed by atoms with Gasteiger partial charge < -0.3 is 33.8 Å². The first-order chi connectivity index (χ1) is 16.0. The van der Waals surface area contributed by atoms with Crippen LogP contribution in [-0.4, -0.2) is 86.5 Å². The van der Waals surface area contributed by atoms with Gasteiger partial charge in [0, 0.05) is 19.6 Å². The average Bonchev–Trinajstić information content (AvgIpc) is 3.25. The quantitative estimate of drug-likeness (QED) is 0.302. The molecule has 1 amide bonds. The van der Waals surface area contributed by atoms with E-state index >= 15 is 0 Å². The minimum Gasteiger partial charge on any atom is -0.377 e. The summed E-state index contributed by atoms with van der Waals surface area (Å²) >= 11 is 0. The summed E-state index contributed by atoms with van der Waals surface area (Å²) < 4.78 is 29.8. The van der Waals surface area contributed by atoms with Crippen LogP contribution < -0.4 is 5.32 Å². The standard InChI is InChI=1S/C22H37N5O6/c1-16-17(2)20(33-22(29-5)18(16)3)14-27-13-19(25-26-27)15-32-11-10-31-9-8-30-7-6-24-21(28)12-23-4/h13,16-18,20,22H,6-12,14-15H2,1-3,5H3,(H,24,28). The number of hydrogen-bond acceptors (Lipinski definition) is 8. The van der Waals surface area contributed by atoms with Gasteiger partial charge in [-0.3, -0.25) is 4.79 Å². The highest BCUT2D eigenvalue weighted by Crippen LogP contribution is 2.35. The molecule has 5 unspecified atom stereocenters. The normalized spacial score (nSPS) is 25.0. The van der Waals surface area contributed by atoms with Crippen LogP contribution in [0.15, 0.2) is 6.20 Å². The Morgan fingerprint density at radius 2 is 1.82 bits per heavy atom. The fourth-order valence-corrected chi connectivity index (χ4v) is 3.65. The molecule has 0 aliphatic carbocycles. The molecule has 2 heterocycles. The molecule has 2 rings (SSSR count). The van der Waals surface area contributed by atoms with E-state index in [0.717, 1.165) is 5.69 Å². The Bertz CT molecular complexity index is 737. The van der Waals surface area contributed by atoms with E-state index in [-0.39, 0.29) is 24.8 Å². The van der Waals surface area contributed by atoms with Crippen molar-refractivity contribution in [3.05, 3.63) is 23.3 Å². The van der Waals surface area contributed by atoms with Crippen molar-refractivity contribution in [2.45, 2.75) is 46.3 Å². The number of methoxy groups -OCH3 is 1. The van der Waals surface area contributed by atoms with Crippen LogP contribution in [-0.2, 0) is 41.6 Å². The van der Waals surface area contributed by atoms with E-state index in [0.29, 0.717) is 70.5 Å². The summed E-state index contributed by atoms with van der Waals surface area (Å²) in [7, 11) is 1.69. The number of amides is 1. The van der Waals surface area contributed by atoms with Crippen LogP contribution in [0.2, 0.25) is 0 Å². The number of ether oxygens (including phenoxy) is 5. The summed E-state index contributed by atoms with van der Waals surface area (Å²) in [6.45, 7) is 16.5. The molecule has 1 aliphatic heterocycles. The molecule has 5 atom stereocenters. The van der Waals surface area contributed by atoms with Gasteiger partial charge in [-0.05, 0) is 11.8 Å². The van der Waals surface area contributed by atoms with E-state index in [1.807, 2.05) is 6.20 Å². The van der Waals surface area contributed by atoms with Crippen LogP contribution in [0.3, 0.4) is 0 Å². The molecule has 0 aromatic carbocycles. The number of hydrogen-bond donors (Lipinski definition) is 1. The Morgan fingerprint density at radius 3 is 2.52 bits per heavy atom. The average molecular weight is 468 g/mol. The van der Waals surface area contributed by atoms with Gasteiger partial charge in [-0.15, -0.1) is 5.10 Å². The van der Waals surface area contributed by atoms with Crippen molar-refractivity contribution in [2.75, 3.05) is 53.2 Å². The van der Waals surface area contributed by atoms with E-state index in [2.05, 4.69) is 41.2 Å². The number of nitrogens with zero attached hydrogens (tertiary/aromatic N) is 4. The van der Waals surface area contributed by atoms with Gasteiger partial charge in [-0.1, -0.05) is 26.0 Å².